The normalized spacial score (nSPS) is 17.1. The Balaban J connectivity index is 1.99. The molecule has 1 fully saturated rings. The lowest BCUT2D eigenvalue weighted by atomic mass is 10.1. The van der Waals surface area contributed by atoms with Crippen molar-refractivity contribution in [2.75, 3.05) is 19.8 Å². The maximum Gasteiger partial charge on any atom is 0.231 e. The van der Waals surface area contributed by atoms with Gasteiger partial charge in [0, 0.05) is 30.8 Å². The quantitative estimate of drug-likeness (QED) is 0.803. The topological polar surface area (TPSA) is 86.3 Å². The minimum Gasteiger partial charge on any atom is -0.381 e. The summed E-state index contributed by atoms with van der Waals surface area (Å²) in [5.74, 6) is -0.334. The van der Waals surface area contributed by atoms with E-state index in [1.165, 1.54) is 0 Å². The molecule has 0 saturated carbocycles. The first-order valence-electron chi connectivity index (χ1n) is 7.36. The number of allylic oxidation sites excluding steroid dienone is 2. The molecule has 0 radical (unpaired) electrons. The Hall–Kier alpha value is -1.44. The van der Waals surface area contributed by atoms with Crippen molar-refractivity contribution in [3.8, 4) is 0 Å². The molecule has 0 aromatic carbocycles. The highest BCUT2D eigenvalue weighted by molar-refractivity contribution is 6.29. The van der Waals surface area contributed by atoms with E-state index in [-0.39, 0.29) is 18.5 Å². The third-order valence-corrected chi connectivity index (χ3v) is 3.73. The van der Waals surface area contributed by atoms with Crippen LogP contribution in [0.25, 0.3) is 0 Å². The van der Waals surface area contributed by atoms with E-state index in [4.69, 9.17) is 22.1 Å². The molecule has 22 heavy (non-hydrogen) atoms. The maximum absolute atomic E-state index is 11.3. The van der Waals surface area contributed by atoms with Gasteiger partial charge in [-0.3, -0.25) is 9.69 Å². The van der Waals surface area contributed by atoms with Crippen LogP contribution in [-0.4, -0.2) is 51.6 Å². The molecule has 1 aliphatic rings. The van der Waals surface area contributed by atoms with Gasteiger partial charge in [0.1, 0.15) is 0 Å². The summed E-state index contributed by atoms with van der Waals surface area (Å²) in [6.45, 7) is 4.60. The summed E-state index contributed by atoms with van der Waals surface area (Å²) < 4.78 is 7.09. The summed E-state index contributed by atoms with van der Waals surface area (Å²) >= 11 is 5.81. The SMILES string of the molecule is C/C(Cl)=C/Cn1cc(CN(CC(N)=O)C2CCOCC2)nn1. The summed E-state index contributed by atoms with van der Waals surface area (Å²) in [6, 6.07) is 0.288. The van der Waals surface area contributed by atoms with Gasteiger partial charge in [0.05, 0.1) is 25.0 Å². The molecule has 0 aliphatic carbocycles. The van der Waals surface area contributed by atoms with E-state index in [0.717, 1.165) is 23.6 Å². The monoisotopic (exact) mass is 327 g/mol. The van der Waals surface area contributed by atoms with Crippen LogP contribution in [0.1, 0.15) is 25.5 Å². The largest absolute Gasteiger partial charge is 0.381 e. The van der Waals surface area contributed by atoms with E-state index in [1.807, 2.05) is 19.2 Å². The van der Waals surface area contributed by atoms with Gasteiger partial charge in [-0.2, -0.15) is 0 Å². The Morgan fingerprint density at radius 2 is 2.32 bits per heavy atom. The Labute approximate surface area is 135 Å². The average Bonchev–Trinajstić information content (AvgIpc) is 2.92. The van der Waals surface area contributed by atoms with Gasteiger partial charge in [0.15, 0.2) is 0 Å². The van der Waals surface area contributed by atoms with Gasteiger partial charge in [-0.05, 0) is 25.8 Å². The van der Waals surface area contributed by atoms with Crippen molar-refractivity contribution in [2.45, 2.75) is 38.9 Å². The van der Waals surface area contributed by atoms with Gasteiger partial charge < -0.3 is 10.5 Å². The number of primary amides is 1. The minimum absolute atomic E-state index is 0.220. The summed E-state index contributed by atoms with van der Waals surface area (Å²) in [6.07, 6.45) is 5.52. The predicted molar refractivity (Wildman–Crippen MR) is 83.1 cm³/mol. The van der Waals surface area contributed by atoms with E-state index >= 15 is 0 Å². The van der Waals surface area contributed by atoms with Crippen LogP contribution in [-0.2, 0) is 22.6 Å². The van der Waals surface area contributed by atoms with Gasteiger partial charge in [-0.1, -0.05) is 16.8 Å². The summed E-state index contributed by atoms with van der Waals surface area (Å²) in [5.41, 5.74) is 6.18. The smallest absolute Gasteiger partial charge is 0.231 e. The number of carbonyl (C=O) groups excluding carboxylic acids is 1. The van der Waals surface area contributed by atoms with Crippen molar-refractivity contribution >= 4 is 17.5 Å². The van der Waals surface area contributed by atoms with E-state index in [2.05, 4.69) is 15.2 Å². The summed E-state index contributed by atoms with van der Waals surface area (Å²) in [5, 5.41) is 8.93. The van der Waals surface area contributed by atoms with Crippen molar-refractivity contribution in [3.05, 3.63) is 23.0 Å². The molecule has 7 nitrogen and oxygen atoms in total. The molecule has 0 spiro atoms. The zero-order valence-electron chi connectivity index (χ0n) is 12.7. The number of halogens is 1. The molecule has 1 amide bonds. The molecule has 8 heteroatoms. The summed E-state index contributed by atoms with van der Waals surface area (Å²) in [7, 11) is 0. The van der Waals surface area contributed by atoms with Crippen molar-refractivity contribution in [1.82, 2.24) is 19.9 Å². The number of amides is 1. The Morgan fingerprint density at radius 1 is 1.59 bits per heavy atom. The van der Waals surface area contributed by atoms with Crippen molar-refractivity contribution in [2.24, 2.45) is 5.73 Å². The second-order valence-electron chi connectivity index (χ2n) is 5.44. The number of rotatable bonds is 7. The Bertz CT molecular complexity index is 521. The van der Waals surface area contributed by atoms with Gasteiger partial charge in [0.2, 0.25) is 5.91 Å². The molecule has 1 aromatic heterocycles. The maximum atomic E-state index is 11.3. The Morgan fingerprint density at radius 3 is 2.95 bits per heavy atom. The fourth-order valence-corrected chi connectivity index (χ4v) is 2.56. The van der Waals surface area contributed by atoms with Crippen LogP contribution in [0.15, 0.2) is 17.3 Å². The highest BCUT2D eigenvalue weighted by Gasteiger charge is 2.23. The number of nitrogens with zero attached hydrogens (tertiary/aromatic N) is 4. The van der Waals surface area contributed by atoms with Crippen molar-refractivity contribution in [1.29, 1.82) is 0 Å². The van der Waals surface area contributed by atoms with Crippen LogP contribution >= 0.6 is 11.6 Å². The molecule has 1 aliphatic heterocycles. The first-order valence-corrected chi connectivity index (χ1v) is 7.73. The van der Waals surface area contributed by atoms with Crippen LogP contribution in [0.3, 0.4) is 0 Å². The first-order chi connectivity index (χ1) is 10.5. The minimum atomic E-state index is -0.334. The second kappa shape index (κ2) is 8.26. The third kappa shape index (κ3) is 5.40. The number of aromatic nitrogens is 3. The number of nitrogens with two attached hydrogens (primary N) is 1. The predicted octanol–water partition coefficient (Wildman–Crippen LogP) is 0.887. The zero-order valence-corrected chi connectivity index (χ0v) is 13.5. The van der Waals surface area contributed by atoms with Crippen LogP contribution < -0.4 is 5.73 Å². The molecular weight excluding hydrogens is 306 g/mol. The molecule has 2 heterocycles. The highest BCUT2D eigenvalue weighted by atomic mass is 35.5. The number of hydrogen-bond donors (Lipinski definition) is 1. The lowest BCUT2D eigenvalue weighted by Crippen LogP contribution is -2.43. The van der Waals surface area contributed by atoms with E-state index < -0.39 is 0 Å². The van der Waals surface area contributed by atoms with Gasteiger partial charge >= 0.3 is 0 Å². The molecule has 0 unspecified atom stereocenters. The molecular formula is C14H22ClN5O2. The summed E-state index contributed by atoms with van der Waals surface area (Å²) in [4.78, 5) is 13.4. The third-order valence-electron chi connectivity index (χ3n) is 3.58. The van der Waals surface area contributed by atoms with Crippen LogP contribution in [0.5, 0.6) is 0 Å². The molecule has 1 saturated heterocycles. The fourth-order valence-electron chi connectivity index (χ4n) is 2.49. The Kier molecular flexibility index (Phi) is 6.35. The lowest BCUT2D eigenvalue weighted by Gasteiger charge is -2.32. The highest BCUT2D eigenvalue weighted by Crippen LogP contribution is 2.16. The first kappa shape index (κ1) is 16.9. The van der Waals surface area contributed by atoms with Gasteiger partial charge in [0.25, 0.3) is 0 Å². The molecule has 2 N–H and O–H groups in total. The number of carbonyl (C=O) groups is 1. The molecule has 2 rings (SSSR count). The average molecular weight is 328 g/mol. The molecule has 122 valence electrons. The molecule has 0 bridgehead atoms. The standard InChI is InChI=1S/C14H22ClN5O2/c1-11(15)2-5-20-9-12(17-18-20)8-19(10-14(16)21)13-3-6-22-7-4-13/h2,9,13H,3-8,10H2,1H3,(H2,16,21)/b11-2-. The van der Waals surface area contributed by atoms with Crippen molar-refractivity contribution in [3.63, 3.8) is 0 Å². The lowest BCUT2D eigenvalue weighted by molar-refractivity contribution is -0.120. The number of hydrogen-bond acceptors (Lipinski definition) is 5. The number of ether oxygens (including phenoxy) is 1. The fraction of sp³-hybridized carbons (Fsp3) is 0.643. The van der Waals surface area contributed by atoms with E-state index in [1.54, 1.807) is 4.68 Å². The van der Waals surface area contributed by atoms with Gasteiger partial charge in [-0.15, -0.1) is 5.10 Å². The zero-order chi connectivity index (χ0) is 15.9. The van der Waals surface area contributed by atoms with E-state index in [9.17, 15) is 4.79 Å². The van der Waals surface area contributed by atoms with Gasteiger partial charge in [-0.25, -0.2) is 4.68 Å². The van der Waals surface area contributed by atoms with E-state index in [0.29, 0.717) is 26.3 Å². The van der Waals surface area contributed by atoms with Crippen LogP contribution in [0.4, 0.5) is 0 Å². The van der Waals surface area contributed by atoms with Crippen molar-refractivity contribution < 1.29 is 9.53 Å². The molecule has 1 aromatic rings. The van der Waals surface area contributed by atoms with Crippen LogP contribution in [0.2, 0.25) is 0 Å². The van der Waals surface area contributed by atoms with Crippen LogP contribution in [0, 0.1) is 0 Å². The second-order valence-corrected chi connectivity index (χ2v) is 6.03. The molecule has 0 atom stereocenters.